The van der Waals surface area contributed by atoms with Gasteiger partial charge in [-0.1, -0.05) is 24.3 Å². The minimum absolute atomic E-state index is 0.0439. The summed E-state index contributed by atoms with van der Waals surface area (Å²) in [6.07, 6.45) is 2.76. The first kappa shape index (κ1) is 16.6. The molecule has 27 heavy (non-hydrogen) atoms. The summed E-state index contributed by atoms with van der Waals surface area (Å²) in [5.41, 5.74) is 1.69. The number of carbonyl (C=O) groups is 2. The molecule has 1 saturated carbocycles. The zero-order valence-electron chi connectivity index (χ0n) is 14.9. The number of hydrogen-bond acceptors (Lipinski definition) is 3. The van der Waals surface area contributed by atoms with Gasteiger partial charge in [-0.3, -0.25) is 9.59 Å². The highest BCUT2D eigenvalue weighted by Crippen LogP contribution is 2.50. The topological polar surface area (TPSA) is 56.4 Å². The van der Waals surface area contributed by atoms with Crippen LogP contribution in [0, 0.1) is 5.92 Å². The fraction of sp³-hybridized carbons (Fsp3) is 0.333. The molecular weight excluding hydrogens is 358 g/mol. The number of H-pyrrole nitrogens is 1. The zero-order valence-corrected chi connectivity index (χ0v) is 15.7. The van der Waals surface area contributed by atoms with Crippen molar-refractivity contribution in [2.45, 2.75) is 12.3 Å². The van der Waals surface area contributed by atoms with E-state index >= 15 is 0 Å². The maximum atomic E-state index is 12.9. The second-order valence-corrected chi connectivity index (χ2v) is 8.31. The van der Waals surface area contributed by atoms with Crippen LogP contribution < -0.4 is 0 Å². The molecule has 3 aromatic rings. The number of thiophene rings is 1. The monoisotopic (exact) mass is 379 g/mol. The summed E-state index contributed by atoms with van der Waals surface area (Å²) in [5, 5.41) is 3.03. The third-order valence-electron chi connectivity index (χ3n) is 5.71. The van der Waals surface area contributed by atoms with Gasteiger partial charge in [-0.05, 0) is 23.9 Å². The van der Waals surface area contributed by atoms with Crippen molar-refractivity contribution in [1.29, 1.82) is 0 Å². The molecule has 6 heteroatoms. The Bertz CT molecular complexity index is 986. The van der Waals surface area contributed by atoms with E-state index in [4.69, 9.17) is 0 Å². The average molecular weight is 379 g/mol. The van der Waals surface area contributed by atoms with Crippen molar-refractivity contribution in [3.05, 3.63) is 58.4 Å². The first-order valence-corrected chi connectivity index (χ1v) is 10.3. The molecule has 138 valence electrons. The van der Waals surface area contributed by atoms with E-state index in [1.165, 1.54) is 4.88 Å². The van der Waals surface area contributed by atoms with E-state index in [1.807, 2.05) is 34.1 Å². The summed E-state index contributed by atoms with van der Waals surface area (Å²) in [7, 11) is 0. The molecule has 0 bridgehead atoms. The van der Waals surface area contributed by atoms with Crippen molar-refractivity contribution in [3.8, 4) is 0 Å². The second-order valence-electron chi connectivity index (χ2n) is 7.33. The van der Waals surface area contributed by atoms with E-state index in [0.29, 0.717) is 37.7 Å². The van der Waals surface area contributed by atoms with E-state index in [0.717, 1.165) is 17.3 Å². The lowest BCUT2D eigenvalue weighted by atomic mass is 10.1. The van der Waals surface area contributed by atoms with Crippen molar-refractivity contribution >= 4 is 34.1 Å². The number of nitrogens with one attached hydrogen (secondary N) is 1. The first-order valence-electron chi connectivity index (χ1n) is 9.40. The average Bonchev–Trinajstić information content (AvgIpc) is 3.13. The standard InChI is InChI=1S/C21H21N3O2S/c25-20(16-12-15(16)19-6-3-11-27-19)23-7-9-24(10-8-23)21(26)17-13-22-18-5-2-1-4-14(17)18/h1-6,11,13,15-16,22H,7-10,12H2. The van der Waals surface area contributed by atoms with Crippen LogP contribution in [0.4, 0.5) is 0 Å². The lowest BCUT2D eigenvalue weighted by Crippen LogP contribution is -2.51. The number of aromatic nitrogens is 1. The fourth-order valence-corrected chi connectivity index (χ4v) is 4.97. The Kier molecular flexibility index (Phi) is 4.01. The lowest BCUT2D eigenvalue weighted by molar-refractivity contribution is -0.134. The van der Waals surface area contributed by atoms with Gasteiger partial charge in [0.25, 0.3) is 5.91 Å². The van der Waals surface area contributed by atoms with Gasteiger partial charge in [0.15, 0.2) is 0 Å². The van der Waals surface area contributed by atoms with E-state index in [9.17, 15) is 9.59 Å². The SMILES string of the molecule is O=C(c1c[nH]c2ccccc12)N1CCN(C(=O)C2CC2c2cccs2)CC1. The van der Waals surface area contributed by atoms with Gasteiger partial charge in [-0.15, -0.1) is 11.3 Å². The molecule has 1 saturated heterocycles. The van der Waals surface area contributed by atoms with Gasteiger partial charge in [0.1, 0.15) is 0 Å². The van der Waals surface area contributed by atoms with Gasteiger partial charge < -0.3 is 14.8 Å². The van der Waals surface area contributed by atoms with Gasteiger partial charge in [-0.2, -0.15) is 0 Å². The third kappa shape index (κ3) is 2.94. The normalized spacial score (nSPS) is 22.2. The van der Waals surface area contributed by atoms with Gasteiger partial charge in [0, 0.05) is 60.0 Å². The number of fused-ring (bicyclic) bond motifs is 1. The minimum atomic E-state index is 0.0439. The quantitative estimate of drug-likeness (QED) is 0.759. The van der Waals surface area contributed by atoms with Crippen LogP contribution in [0.1, 0.15) is 27.6 Å². The summed E-state index contributed by atoms with van der Waals surface area (Å²) in [5.74, 6) is 0.845. The Morgan fingerprint density at radius 1 is 1.00 bits per heavy atom. The van der Waals surface area contributed by atoms with Crippen molar-refractivity contribution < 1.29 is 9.59 Å². The summed E-state index contributed by atoms with van der Waals surface area (Å²) in [4.78, 5) is 34.0. The molecular formula is C21H21N3O2S. The fourth-order valence-electron chi connectivity index (χ4n) is 4.07. The Hall–Kier alpha value is -2.60. The molecule has 2 aromatic heterocycles. The van der Waals surface area contributed by atoms with Gasteiger partial charge in [-0.25, -0.2) is 0 Å². The van der Waals surface area contributed by atoms with Gasteiger partial charge in [0.2, 0.25) is 5.91 Å². The molecule has 5 rings (SSSR count). The molecule has 1 aromatic carbocycles. The van der Waals surface area contributed by atoms with Crippen LogP contribution in [0.2, 0.25) is 0 Å². The minimum Gasteiger partial charge on any atom is -0.360 e. The van der Waals surface area contributed by atoms with Crippen LogP contribution in [-0.2, 0) is 4.79 Å². The Morgan fingerprint density at radius 3 is 2.56 bits per heavy atom. The maximum absolute atomic E-state index is 12.9. The lowest BCUT2D eigenvalue weighted by Gasteiger charge is -2.35. The summed E-state index contributed by atoms with van der Waals surface area (Å²) in [6, 6.07) is 12.0. The van der Waals surface area contributed by atoms with Crippen LogP contribution in [0.3, 0.4) is 0 Å². The Morgan fingerprint density at radius 2 is 1.78 bits per heavy atom. The molecule has 2 amide bonds. The second kappa shape index (κ2) is 6.53. The van der Waals surface area contributed by atoms with Crippen LogP contribution in [0.5, 0.6) is 0 Å². The van der Waals surface area contributed by atoms with E-state index in [2.05, 4.69) is 22.5 Å². The maximum Gasteiger partial charge on any atom is 0.256 e. The van der Waals surface area contributed by atoms with Crippen molar-refractivity contribution in [2.75, 3.05) is 26.2 Å². The number of amides is 2. The van der Waals surface area contributed by atoms with Crippen LogP contribution in [0.15, 0.2) is 48.0 Å². The Labute approximate surface area is 161 Å². The summed E-state index contributed by atoms with van der Waals surface area (Å²) < 4.78 is 0. The van der Waals surface area contributed by atoms with E-state index < -0.39 is 0 Å². The molecule has 0 spiro atoms. The highest BCUT2D eigenvalue weighted by atomic mass is 32.1. The Balaban J connectivity index is 1.22. The third-order valence-corrected chi connectivity index (χ3v) is 6.72. The summed E-state index contributed by atoms with van der Waals surface area (Å²) >= 11 is 1.74. The molecule has 2 aliphatic rings. The molecule has 2 unspecified atom stereocenters. The van der Waals surface area contributed by atoms with Crippen molar-refractivity contribution in [2.24, 2.45) is 5.92 Å². The molecule has 1 aliphatic carbocycles. The number of para-hydroxylation sites is 1. The number of hydrogen-bond donors (Lipinski definition) is 1. The molecule has 5 nitrogen and oxygen atoms in total. The number of benzene rings is 1. The molecule has 1 N–H and O–H groups in total. The first-order chi connectivity index (χ1) is 13.2. The number of rotatable bonds is 3. The van der Waals surface area contributed by atoms with Gasteiger partial charge in [0.05, 0.1) is 5.56 Å². The van der Waals surface area contributed by atoms with Crippen LogP contribution in [0.25, 0.3) is 10.9 Å². The predicted molar refractivity (Wildman–Crippen MR) is 106 cm³/mol. The molecule has 2 fully saturated rings. The predicted octanol–water partition coefficient (Wildman–Crippen LogP) is 3.32. The van der Waals surface area contributed by atoms with E-state index in [-0.39, 0.29) is 17.7 Å². The largest absolute Gasteiger partial charge is 0.360 e. The number of piperazine rings is 1. The van der Waals surface area contributed by atoms with Crippen LogP contribution in [-0.4, -0.2) is 52.8 Å². The number of aromatic amines is 1. The molecule has 1 aliphatic heterocycles. The highest BCUT2D eigenvalue weighted by molar-refractivity contribution is 7.10. The molecule has 2 atom stereocenters. The van der Waals surface area contributed by atoms with Crippen molar-refractivity contribution in [1.82, 2.24) is 14.8 Å². The number of carbonyl (C=O) groups excluding carboxylic acids is 2. The molecule has 0 radical (unpaired) electrons. The zero-order chi connectivity index (χ0) is 18.4. The van der Waals surface area contributed by atoms with Crippen LogP contribution >= 0.6 is 11.3 Å². The smallest absolute Gasteiger partial charge is 0.256 e. The highest BCUT2D eigenvalue weighted by Gasteiger charge is 2.46. The number of nitrogens with zero attached hydrogens (tertiary/aromatic N) is 2. The molecule has 3 heterocycles. The van der Waals surface area contributed by atoms with Crippen molar-refractivity contribution in [3.63, 3.8) is 0 Å². The van der Waals surface area contributed by atoms with Gasteiger partial charge >= 0.3 is 0 Å². The summed E-state index contributed by atoms with van der Waals surface area (Å²) in [6.45, 7) is 2.45. The van der Waals surface area contributed by atoms with E-state index in [1.54, 1.807) is 17.5 Å².